The molecule has 1 aliphatic heterocycles. The molecule has 2 aromatic rings. The minimum atomic E-state index is -0.0544. The second-order valence-corrected chi connectivity index (χ2v) is 4.23. The fourth-order valence-electron chi connectivity index (χ4n) is 2.22. The number of nitrogen functional groups attached to an aromatic ring is 1. The molecule has 3 heteroatoms. The lowest BCUT2D eigenvalue weighted by molar-refractivity contribution is 0.101. The van der Waals surface area contributed by atoms with Crippen LogP contribution in [-0.2, 0) is 0 Å². The zero-order chi connectivity index (χ0) is 12.7. The molecule has 0 aromatic heterocycles. The van der Waals surface area contributed by atoms with Gasteiger partial charge in [0, 0.05) is 16.8 Å². The number of hydrogen-bond acceptors (Lipinski definition) is 2. The van der Waals surface area contributed by atoms with Crippen molar-refractivity contribution >= 4 is 23.0 Å². The van der Waals surface area contributed by atoms with Gasteiger partial charge in [0.15, 0.2) is 0 Å². The first-order valence-corrected chi connectivity index (χ1v) is 5.67. The molecule has 1 amide bonds. The number of benzene rings is 2. The molecule has 2 aromatic carbocycles. The van der Waals surface area contributed by atoms with Gasteiger partial charge in [-0.1, -0.05) is 30.8 Å². The Morgan fingerprint density at radius 3 is 2.39 bits per heavy atom. The molecule has 0 unspecified atom stereocenters. The Balaban J connectivity index is 2.12. The van der Waals surface area contributed by atoms with E-state index < -0.39 is 0 Å². The normalized spacial score (nSPS) is 13.9. The SMILES string of the molecule is C=C1c2ccccc2C(=O)N1c1cccc(N)c1. The van der Waals surface area contributed by atoms with E-state index in [1.807, 2.05) is 36.4 Å². The maximum Gasteiger partial charge on any atom is 0.263 e. The monoisotopic (exact) mass is 236 g/mol. The minimum absolute atomic E-state index is 0.0544. The third kappa shape index (κ3) is 1.41. The summed E-state index contributed by atoms with van der Waals surface area (Å²) in [7, 11) is 0. The summed E-state index contributed by atoms with van der Waals surface area (Å²) in [5, 5.41) is 0. The largest absolute Gasteiger partial charge is 0.399 e. The molecule has 0 aliphatic carbocycles. The molecule has 0 radical (unpaired) electrons. The van der Waals surface area contributed by atoms with Gasteiger partial charge in [-0.2, -0.15) is 0 Å². The van der Waals surface area contributed by atoms with Crippen molar-refractivity contribution in [2.24, 2.45) is 0 Å². The molecule has 1 aliphatic rings. The molecule has 1 heterocycles. The molecule has 0 fully saturated rings. The van der Waals surface area contributed by atoms with Crippen LogP contribution >= 0.6 is 0 Å². The summed E-state index contributed by atoms with van der Waals surface area (Å²) in [6, 6.07) is 14.7. The van der Waals surface area contributed by atoms with Crippen molar-refractivity contribution in [1.29, 1.82) is 0 Å². The average molecular weight is 236 g/mol. The van der Waals surface area contributed by atoms with E-state index >= 15 is 0 Å². The van der Waals surface area contributed by atoms with E-state index in [0.717, 1.165) is 11.3 Å². The molecule has 3 nitrogen and oxygen atoms in total. The first-order valence-electron chi connectivity index (χ1n) is 5.67. The molecule has 0 saturated carbocycles. The highest BCUT2D eigenvalue weighted by molar-refractivity contribution is 6.22. The summed E-state index contributed by atoms with van der Waals surface area (Å²) in [6.07, 6.45) is 0. The lowest BCUT2D eigenvalue weighted by Gasteiger charge is -2.17. The van der Waals surface area contributed by atoms with Crippen LogP contribution in [-0.4, -0.2) is 5.91 Å². The van der Waals surface area contributed by atoms with Gasteiger partial charge in [-0.25, -0.2) is 0 Å². The zero-order valence-corrected chi connectivity index (χ0v) is 9.76. The Morgan fingerprint density at radius 1 is 1.00 bits per heavy atom. The molecule has 0 saturated heterocycles. The summed E-state index contributed by atoms with van der Waals surface area (Å²) < 4.78 is 0. The first kappa shape index (κ1) is 10.6. The molecule has 0 atom stereocenters. The van der Waals surface area contributed by atoms with Crippen molar-refractivity contribution in [3.05, 3.63) is 66.2 Å². The Bertz CT molecular complexity index is 626. The van der Waals surface area contributed by atoms with Crippen LogP contribution in [0.3, 0.4) is 0 Å². The van der Waals surface area contributed by atoms with Crippen LogP contribution in [0.1, 0.15) is 15.9 Å². The van der Waals surface area contributed by atoms with Crippen LogP contribution in [0.25, 0.3) is 5.70 Å². The number of rotatable bonds is 1. The maximum atomic E-state index is 12.3. The van der Waals surface area contributed by atoms with E-state index in [1.165, 1.54) is 0 Å². The van der Waals surface area contributed by atoms with E-state index in [-0.39, 0.29) is 5.91 Å². The van der Waals surface area contributed by atoms with E-state index in [2.05, 4.69) is 6.58 Å². The molecule has 0 spiro atoms. The number of nitrogens with zero attached hydrogens (tertiary/aromatic N) is 1. The predicted octanol–water partition coefficient (Wildman–Crippen LogP) is 2.90. The third-order valence-electron chi connectivity index (χ3n) is 3.07. The number of carbonyl (C=O) groups excluding carboxylic acids is 1. The highest BCUT2D eigenvalue weighted by Gasteiger charge is 2.31. The zero-order valence-electron chi connectivity index (χ0n) is 9.76. The molecular weight excluding hydrogens is 224 g/mol. The minimum Gasteiger partial charge on any atom is -0.399 e. The van der Waals surface area contributed by atoms with Gasteiger partial charge in [0.25, 0.3) is 5.91 Å². The predicted molar refractivity (Wildman–Crippen MR) is 73.1 cm³/mol. The van der Waals surface area contributed by atoms with Crippen molar-refractivity contribution < 1.29 is 4.79 Å². The summed E-state index contributed by atoms with van der Waals surface area (Å²) in [5.41, 5.74) is 9.39. The van der Waals surface area contributed by atoms with Crippen molar-refractivity contribution in [2.45, 2.75) is 0 Å². The Kier molecular flexibility index (Phi) is 2.20. The highest BCUT2D eigenvalue weighted by Crippen LogP contribution is 2.35. The fraction of sp³-hybridized carbons (Fsp3) is 0. The fourth-order valence-corrected chi connectivity index (χ4v) is 2.22. The third-order valence-corrected chi connectivity index (χ3v) is 3.07. The Hall–Kier alpha value is -2.55. The van der Waals surface area contributed by atoms with Crippen LogP contribution in [0.4, 0.5) is 11.4 Å². The highest BCUT2D eigenvalue weighted by atomic mass is 16.2. The van der Waals surface area contributed by atoms with Gasteiger partial charge in [-0.15, -0.1) is 0 Å². The van der Waals surface area contributed by atoms with Crippen LogP contribution in [0.5, 0.6) is 0 Å². The van der Waals surface area contributed by atoms with Gasteiger partial charge < -0.3 is 5.73 Å². The molecule has 88 valence electrons. The van der Waals surface area contributed by atoms with Crippen LogP contribution in [0.2, 0.25) is 0 Å². The standard InChI is InChI=1S/C15H12N2O/c1-10-13-7-2-3-8-14(13)15(18)17(10)12-6-4-5-11(16)9-12/h2-9H,1,16H2. The van der Waals surface area contributed by atoms with Gasteiger partial charge in [-0.05, 0) is 24.3 Å². The Morgan fingerprint density at radius 2 is 1.72 bits per heavy atom. The van der Waals surface area contributed by atoms with Crippen molar-refractivity contribution in [1.82, 2.24) is 0 Å². The number of fused-ring (bicyclic) bond motifs is 1. The van der Waals surface area contributed by atoms with E-state index in [1.54, 1.807) is 17.0 Å². The lowest BCUT2D eigenvalue weighted by atomic mass is 10.1. The number of hydrogen-bond donors (Lipinski definition) is 1. The van der Waals surface area contributed by atoms with Crippen molar-refractivity contribution in [3.8, 4) is 0 Å². The second-order valence-electron chi connectivity index (χ2n) is 4.23. The number of amides is 1. The quantitative estimate of drug-likeness (QED) is 0.774. The smallest absolute Gasteiger partial charge is 0.263 e. The summed E-state index contributed by atoms with van der Waals surface area (Å²) in [4.78, 5) is 13.9. The number of anilines is 2. The molecule has 0 bridgehead atoms. The van der Waals surface area contributed by atoms with E-state index in [0.29, 0.717) is 16.9 Å². The van der Waals surface area contributed by atoms with Crippen LogP contribution in [0, 0.1) is 0 Å². The molecule has 3 rings (SSSR count). The van der Waals surface area contributed by atoms with Gasteiger partial charge in [0.05, 0.1) is 11.4 Å². The molecule has 18 heavy (non-hydrogen) atoms. The number of carbonyl (C=O) groups is 1. The average Bonchev–Trinajstić information content (AvgIpc) is 2.63. The van der Waals surface area contributed by atoms with Crippen LogP contribution < -0.4 is 10.6 Å². The first-order chi connectivity index (χ1) is 8.68. The lowest BCUT2D eigenvalue weighted by Crippen LogP contribution is -2.21. The van der Waals surface area contributed by atoms with E-state index in [4.69, 9.17) is 5.73 Å². The summed E-state index contributed by atoms with van der Waals surface area (Å²) >= 11 is 0. The maximum absolute atomic E-state index is 12.3. The summed E-state index contributed by atoms with van der Waals surface area (Å²) in [6.45, 7) is 4.00. The topological polar surface area (TPSA) is 46.3 Å². The summed E-state index contributed by atoms with van der Waals surface area (Å²) in [5.74, 6) is -0.0544. The molecular formula is C15H12N2O. The second kappa shape index (κ2) is 3.74. The van der Waals surface area contributed by atoms with Crippen molar-refractivity contribution in [3.63, 3.8) is 0 Å². The molecule has 2 N–H and O–H groups in total. The van der Waals surface area contributed by atoms with Gasteiger partial charge in [-0.3, -0.25) is 9.69 Å². The van der Waals surface area contributed by atoms with Crippen molar-refractivity contribution in [2.75, 3.05) is 10.6 Å². The van der Waals surface area contributed by atoms with Gasteiger partial charge in [0.2, 0.25) is 0 Å². The van der Waals surface area contributed by atoms with Gasteiger partial charge >= 0.3 is 0 Å². The van der Waals surface area contributed by atoms with Crippen LogP contribution in [0.15, 0.2) is 55.1 Å². The van der Waals surface area contributed by atoms with E-state index in [9.17, 15) is 4.79 Å². The number of nitrogens with two attached hydrogens (primary N) is 1. The Labute approximate surface area is 105 Å². The van der Waals surface area contributed by atoms with Gasteiger partial charge in [0.1, 0.15) is 0 Å².